The van der Waals surface area contributed by atoms with Crippen LogP contribution in [0, 0.1) is 5.92 Å². The van der Waals surface area contributed by atoms with Crippen LogP contribution in [0.25, 0.3) is 0 Å². The first-order valence-corrected chi connectivity index (χ1v) is 3.96. The van der Waals surface area contributed by atoms with Gasteiger partial charge in [-0.1, -0.05) is 0 Å². The topological polar surface area (TPSA) is 78.8 Å². The minimum Gasteiger partial charge on any atom is -0.481 e. The summed E-state index contributed by atoms with van der Waals surface area (Å²) in [5.41, 5.74) is 1.57. The van der Waals surface area contributed by atoms with E-state index in [4.69, 9.17) is 5.11 Å². The van der Waals surface area contributed by atoms with E-state index in [2.05, 4.69) is 5.10 Å². The van der Waals surface area contributed by atoms with Crippen molar-refractivity contribution in [3.05, 3.63) is 0 Å². The number of amides is 1. The maximum absolute atomic E-state index is 11.7. The molecule has 0 spiro atoms. The van der Waals surface area contributed by atoms with Gasteiger partial charge in [-0.3, -0.25) is 9.59 Å². The van der Waals surface area contributed by atoms with Crippen molar-refractivity contribution < 1.29 is 27.9 Å². The number of halogens is 3. The molecule has 2 N–H and O–H groups in total. The summed E-state index contributed by atoms with van der Waals surface area (Å²) in [4.78, 5) is 20.6. The Hall–Kier alpha value is -1.60. The van der Waals surface area contributed by atoms with Crippen molar-refractivity contribution in [2.45, 2.75) is 19.0 Å². The highest BCUT2D eigenvalue weighted by Crippen LogP contribution is 2.24. The SMILES string of the molecule is O=C(O)C1CC(=NNC(=O)C(F)(F)F)C1. The lowest BCUT2D eigenvalue weighted by atomic mass is 9.83. The lowest BCUT2D eigenvalue weighted by Gasteiger charge is -2.23. The number of hydrogen-bond donors (Lipinski definition) is 2. The van der Waals surface area contributed by atoms with Crippen molar-refractivity contribution in [3.8, 4) is 0 Å². The van der Waals surface area contributed by atoms with Gasteiger partial charge in [0, 0.05) is 18.6 Å². The zero-order valence-corrected chi connectivity index (χ0v) is 7.34. The van der Waals surface area contributed by atoms with Crippen LogP contribution in [0.15, 0.2) is 5.10 Å². The zero-order chi connectivity index (χ0) is 11.6. The second-order valence-corrected chi connectivity index (χ2v) is 3.06. The first kappa shape index (κ1) is 11.5. The highest BCUT2D eigenvalue weighted by atomic mass is 19.4. The molecule has 1 fully saturated rings. The summed E-state index contributed by atoms with van der Waals surface area (Å²) < 4.78 is 35.0. The largest absolute Gasteiger partial charge is 0.481 e. The Kier molecular flexibility index (Phi) is 2.96. The molecule has 5 nitrogen and oxygen atoms in total. The van der Waals surface area contributed by atoms with Crippen LogP contribution in [0.4, 0.5) is 13.2 Å². The Morgan fingerprint density at radius 1 is 1.40 bits per heavy atom. The van der Waals surface area contributed by atoms with Crippen LogP contribution in [0.1, 0.15) is 12.8 Å². The van der Waals surface area contributed by atoms with Gasteiger partial charge in [-0.25, -0.2) is 5.43 Å². The molecule has 0 aromatic rings. The van der Waals surface area contributed by atoms with Crippen LogP contribution in [0.2, 0.25) is 0 Å². The molecule has 8 heteroatoms. The molecule has 84 valence electrons. The van der Waals surface area contributed by atoms with Crippen molar-refractivity contribution in [2.24, 2.45) is 11.0 Å². The number of hydrazone groups is 1. The summed E-state index contributed by atoms with van der Waals surface area (Å²) in [6.45, 7) is 0. The number of carbonyl (C=O) groups is 2. The summed E-state index contributed by atoms with van der Waals surface area (Å²) in [7, 11) is 0. The molecule has 1 aliphatic rings. The van der Waals surface area contributed by atoms with Crippen molar-refractivity contribution in [1.82, 2.24) is 5.43 Å². The number of hydrogen-bond acceptors (Lipinski definition) is 3. The number of rotatable bonds is 2. The second-order valence-electron chi connectivity index (χ2n) is 3.06. The Balaban J connectivity index is 2.37. The summed E-state index contributed by atoms with van der Waals surface area (Å²) in [5.74, 6) is -3.78. The number of carboxylic acids is 1. The maximum Gasteiger partial charge on any atom is 0.473 e. The summed E-state index contributed by atoms with van der Waals surface area (Å²) >= 11 is 0. The van der Waals surface area contributed by atoms with Gasteiger partial charge < -0.3 is 5.11 Å². The molecule has 1 saturated carbocycles. The number of alkyl halides is 3. The third-order valence-electron chi connectivity index (χ3n) is 1.89. The lowest BCUT2D eigenvalue weighted by Crippen LogP contribution is -2.37. The molecule has 0 atom stereocenters. The Labute approximate surface area is 82.0 Å². The molecule has 0 bridgehead atoms. The Bertz CT molecular complexity index is 316. The number of carbonyl (C=O) groups excluding carboxylic acids is 1. The molecule has 1 amide bonds. The van der Waals surface area contributed by atoms with Crippen molar-refractivity contribution in [2.75, 3.05) is 0 Å². The lowest BCUT2D eigenvalue weighted by molar-refractivity contribution is -0.173. The molecule has 1 aliphatic carbocycles. The zero-order valence-electron chi connectivity index (χ0n) is 7.34. The van der Waals surface area contributed by atoms with Crippen LogP contribution in [0.5, 0.6) is 0 Å². The van der Waals surface area contributed by atoms with Gasteiger partial charge in [0.1, 0.15) is 0 Å². The molecule has 0 unspecified atom stereocenters. The molecule has 0 aromatic heterocycles. The van der Waals surface area contributed by atoms with Gasteiger partial charge in [0.15, 0.2) is 0 Å². The maximum atomic E-state index is 11.7. The van der Waals surface area contributed by atoms with E-state index in [0.29, 0.717) is 0 Å². The van der Waals surface area contributed by atoms with E-state index < -0.39 is 24.0 Å². The second kappa shape index (κ2) is 3.87. The molecule has 0 aromatic carbocycles. The average Bonchev–Trinajstić information content (AvgIpc) is 1.98. The van der Waals surface area contributed by atoms with Crippen LogP contribution < -0.4 is 5.43 Å². The van der Waals surface area contributed by atoms with Gasteiger partial charge in [0.25, 0.3) is 0 Å². The molecule has 0 saturated heterocycles. The fourth-order valence-corrected chi connectivity index (χ4v) is 0.968. The summed E-state index contributed by atoms with van der Waals surface area (Å²) in [5, 5.41) is 11.6. The number of nitrogens with one attached hydrogen (secondary N) is 1. The third kappa shape index (κ3) is 2.93. The quantitative estimate of drug-likeness (QED) is 0.671. The Morgan fingerprint density at radius 3 is 2.33 bits per heavy atom. The predicted molar refractivity (Wildman–Crippen MR) is 42.0 cm³/mol. The first-order chi connectivity index (χ1) is 6.80. The fourth-order valence-electron chi connectivity index (χ4n) is 0.968. The standard InChI is InChI=1S/C7H7F3N2O3/c8-7(9,10)6(15)12-11-4-1-3(2-4)5(13)14/h3H,1-2H2,(H,12,15)(H,13,14). The van der Waals surface area contributed by atoms with E-state index in [1.54, 1.807) is 0 Å². The minimum absolute atomic E-state index is 0.0769. The monoisotopic (exact) mass is 224 g/mol. The van der Waals surface area contributed by atoms with Crippen molar-refractivity contribution in [1.29, 1.82) is 0 Å². The number of aliphatic carboxylic acids is 1. The van der Waals surface area contributed by atoms with E-state index in [1.165, 1.54) is 5.43 Å². The van der Waals surface area contributed by atoms with Crippen LogP contribution in [0.3, 0.4) is 0 Å². The number of nitrogens with zero attached hydrogens (tertiary/aromatic N) is 1. The molecule has 0 heterocycles. The van der Waals surface area contributed by atoms with Crippen molar-refractivity contribution >= 4 is 17.6 Å². The van der Waals surface area contributed by atoms with Crippen molar-refractivity contribution in [3.63, 3.8) is 0 Å². The molecule has 0 radical (unpaired) electrons. The Morgan fingerprint density at radius 2 is 1.93 bits per heavy atom. The minimum atomic E-state index is -4.97. The molecule has 0 aliphatic heterocycles. The summed E-state index contributed by atoms with van der Waals surface area (Å²) in [6, 6.07) is 0. The fraction of sp³-hybridized carbons (Fsp3) is 0.571. The van der Waals surface area contributed by atoms with E-state index >= 15 is 0 Å². The van der Waals surface area contributed by atoms with Gasteiger partial charge in [-0.15, -0.1) is 0 Å². The van der Waals surface area contributed by atoms with E-state index in [-0.39, 0.29) is 18.6 Å². The normalized spacial score (nSPS) is 20.5. The molecular weight excluding hydrogens is 217 g/mol. The van der Waals surface area contributed by atoms with Gasteiger partial charge in [-0.05, 0) is 0 Å². The molecule has 1 rings (SSSR count). The summed E-state index contributed by atoms with van der Waals surface area (Å²) in [6.07, 6.45) is -4.82. The van der Waals surface area contributed by atoms with E-state index in [1.807, 2.05) is 0 Å². The molecular formula is C7H7F3N2O3. The highest BCUT2D eigenvalue weighted by molar-refractivity contribution is 5.98. The van der Waals surface area contributed by atoms with E-state index in [0.717, 1.165) is 0 Å². The van der Waals surface area contributed by atoms with Crippen LogP contribution in [-0.2, 0) is 9.59 Å². The van der Waals surface area contributed by atoms with Gasteiger partial charge in [-0.2, -0.15) is 18.3 Å². The van der Waals surface area contributed by atoms with Gasteiger partial charge in [0.05, 0.1) is 5.92 Å². The predicted octanol–water partition coefficient (Wildman–Crippen LogP) is 0.515. The third-order valence-corrected chi connectivity index (χ3v) is 1.89. The van der Waals surface area contributed by atoms with Gasteiger partial charge >= 0.3 is 18.1 Å². The smallest absolute Gasteiger partial charge is 0.473 e. The highest BCUT2D eigenvalue weighted by Gasteiger charge is 2.39. The van der Waals surface area contributed by atoms with Crippen LogP contribution >= 0.6 is 0 Å². The first-order valence-electron chi connectivity index (χ1n) is 3.96. The van der Waals surface area contributed by atoms with E-state index in [9.17, 15) is 22.8 Å². The van der Waals surface area contributed by atoms with Gasteiger partial charge in [0.2, 0.25) is 0 Å². The molecule has 15 heavy (non-hydrogen) atoms. The average molecular weight is 224 g/mol. The number of carboxylic acid groups (broad SMARTS) is 1. The van der Waals surface area contributed by atoms with Crippen LogP contribution in [-0.4, -0.2) is 28.9 Å².